The summed E-state index contributed by atoms with van der Waals surface area (Å²) in [6.07, 6.45) is 1.08. The first-order valence-corrected chi connectivity index (χ1v) is 6.39. The molecule has 2 N–H and O–H groups in total. The molecule has 1 atom stereocenters. The molecule has 1 aromatic heterocycles. The molecule has 0 amide bonds. The lowest BCUT2D eigenvalue weighted by molar-refractivity contribution is 0.593. The first kappa shape index (κ1) is 14.2. The summed E-state index contributed by atoms with van der Waals surface area (Å²) in [6, 6.07) is 5.96. The maximum Gasteiger partial charge on any atom is 0.224 e. The van der Waals surface area contributed by atoms with Gasteiger partial charge in [-0.2, -0.15) is 4.98 Å². The van der Waals surface area contributed by atoms with Crippen LogP contribution in [0.2, 0.25) is 0 Å². The van der Waals surface area contributed by atoms with E-state index in [4.69, 9.17) is 0 Å². The number of rotatable bonds is 5. The lowest BCUT2D eigenvalue weighted by Gasteiger charge is -2.16. The van der Waals surface area contributed by atoms with Crippen LogP contribution in [0.4, 0.5) is 20.5 Å². The van der Waals surface area contributed by atoms with Gasteiger partial charge >= 0.3 is 0 Å². The van der Waals surface area contributed by atoms with Gasteiger partial charge in [0.1, 0.15) is 5.82 Å². The Labute approximate surface area is 116 Å². The van der Waals surface area contributed by atoms with Crippen LogP contribution in [0, 0.1) is 11.6 Å². The summed E-state index contributed by atoms with van der Waals surface area (Å²) in [7, 11) is 0. The number of benzene rings is 1. The van der Waals surface area contributed by atoms with Gasteiger partial charge < -0.3 is 10.6 Å². The maximum atomic E-state index is 13.7. The monoisotopic (exact) mass is 278 g/mol. The number of hydrogen-bond donors (Lipinski definition) is 2. The molecule has 0 bridgehead atoms. The number of hydrogen-bond acceptors (Lipinski definition) is 4. The number of nitrogens with zero attached hydrogens (tertiary/aromatic N) is 2. The normalized spacial score (nSPS) is 12.0. The molecule has 1 heterocycles. The Bertz CT molecular complexity index is 589. The molecule has 0 fully saturated rings. The van der Waals surface area contributed by atoms with Crippen LogP contribution in [-0.4, -0.2) is 16.5 Å². The van der Waals surface area contributed by atoms with E-state index in [9.17, 15) is 8.78 Å². The first-order valence-electron chi connectivity index (χ1n) is 6.39. The highest BCUT2D eigenvalue weighted by molar-refractivity contribution is 5.43. The van der Waals surface area contributed by atoms with E-state index in [2.05, 4.69) is 20.6 Å². The van der Waals surface area contributed by atoms with E-state index in [0.29, 0.717) is 18.1 Å². The number of nitrogens with one attached hydrogen (secondary N) is 2. The van der Waals surface area contributed by atoms with Gasteiger partial charge in [-0.05, 0) is 19.9 Å². The smallest absolute Gasteiger partial charge is 0.224 e. The van der Waals surface area contributed by atoms with Crippen molar-refractivity contribution in [2.45, 2.75) is 19.9 Å². The van der Waals surface area contributed by atoms with Gasteiger partial charge in [-0.3, -0.25) is 0 Å². The second-order valence-electron chi connectivity index (χ2n) is 4.31. The molecule has 2 rings (SSSR count). The molecule has 0 aliphatic rings. The summed E-state index contributed by atoms with van der Waals surface area (Å²) >= 11 is 0. The van der Waals surface area contributed by atoms with E-state index in [-0.39, 0.29) is 11.6 Å². The molecule has 2 aromatic rings. The van der Waals surface area contributed by atoms with E-state index in [1.807, 2.05) is 6.92 Å². The molecule has 1 unspecified atom stereocenters. The molecule has 0 spiro atoms. The lowest BCUT2D eigenvalue weighted by atomic mass is 10.1. The van der Waals surface area contributed by atoms with Crippen molar-refractivity contribution < 1.29 is 8.78 Å². The zero-order chi connectivity index (χ0) is 14.5. The molecule has 106 valence electrons. The molecule has 0 saturated carbocycles. The fourth-order valence-corrected chi connectivity index (χ4v) is 1.82. The minimum absolute atomic E-state index is 0.0479. The van der Waals surface area contributed by atoms with Crippen molar-refractivity contribution in [1.29, 1.82) is 0 Å². The van der Waals surface area contributed by atoms with E-state index in [1.54, 1.807) is 25.1 Å². The van der Waals surface area contributed by atoms with Gasteiger partial charge in [-0.1, -0.05) is 18.2 Å². The van der Waals surface area contributed by atoms with E-state index >= 15 is 0 Å². The van der Waals surface area contributed by atoms with Gasteiger partial charge in [0, 0.05) is 12.1 Å². The quantitative estimate of drug-likeness (QED) is 0.880. The molecule has 0 radical (unpaired) electrons. The molecule has 1 aromatic carbocycles. The molecular formula is C14H16F2N4. The summed E-state index contributed by atoms with van der Waals surface area (Å²) < 4.78 is 27.3. The van der Waals surface area contributed by atoms with Crippen LogP contribution < -0.4 is 10.6 Å². The molecule has 0 aliphatic heterocycles. The van der Waals surface area contributed by atoms with Gasteiger partial charge in [0.25, 0.3) is 0 Å². The first-order chi connectivity index (χ1) is 9.61. The van der Waals surface area contributed by atoms with Crippen molar-refractivity contribution in [2.24, 2.45) is 0 Å². The average Bonchev–Trinajstić information content (AvgIpc) is 2.43. The van der Waals surface area contributed by atoms with Crippen LogP contribution in [0.1, 0.15) is 25.5 Å². The predicted octanol–water partition coefficient (Wildman–Crippen LogP) is 3.36. The molecule has 20 heavy (non-hydrogen) atoms. The van der Waals surface area contributed by atoms with Gasteiger partial charge in [0.05, 0.1) is 12.2 Å². The Morgan fingerprint density at radius 3 is 2.65 bits per heavy atom. The Morgan fingerprint density at radius 1 is 1.20 bits per heavy atom. The summed E-state index contributed by atoms with van der Waals surface area (Å²) in [4.78, 5) is 7.84. The van der Waals surface area contributed by atoms with Crippen molar-refractivity contribution in [3.8, 4) is 0 Å². The number of aromatic nitrogens is 2. The highest BCUT2D eigenvalue weighted by atomic mass is 19.1. The van der Waals surface area contributed by atoms with Crippen molar-refractivity contribution in [3.05, 3.63) is 47.7 Å². The third kappa shape index (κ3) is 3.20. The second kappa shape index (κ2) is 6.27. The zero-order valence-corrected chi connectivity index (χ0v) is 11.3. The summed E-state index contributed by atoms with van der Waals surface area (Å²) in [5.41, 5.74) is 0.454. The molecule has 0 saturated heterocycles. The predicted molar refractivity (Wildman–Crippen MR) is 74.6 cm³/mol. The summed E-state index contributed by atoms with van der Waals surface area (Å²) in [5.74, 6) is -0.535. The Morgan fingerprint density at radius 2 is 1.95 bits per heavy atom. The Balaban J connectivity index is 2.21. The Hall–Kier alpha value is -2.24. The fourth-order valence-electron chi connectivity index (χ4n) is 1.82. The van der Waals surface area contributed by atoms with Gasteiger partial charge in [0.15, 0.2) is 11.6 Å². The van der Waals surface area contributed by atoms with E-state index < -0.39 is 11.9 Å². The van der Waals surface area contributed by atoms with Crippen LogP contribution in [0.25, 0.3) is 0 Å². The van der Waals surface area contributed by atoms with Crippen LogP contribution in [-0.2, 0) is 0 Å². The van der Waals surface area contributed by atoms with Gasteiger partial charge in [-0.15, -0.1) is 0 Å². The number of halogens is 2. The standard InChI is InChI=1S/C14H16F2N4/c1-3-17-14-18-8-12(16)13(20-14)19-9(2)10-6-4-5-7-11(10)15/h4-9H,3H2,1-2H3,(H2,17,18,19,20). The fraction of sp³-hybridized carbons (Fsp3) is 0.286. The highest BCUT2D eigenvalue weighted by Crippen LogP contribution is 2.22. The van der Waals surface area contributed by atoms with Crippen LogP contribution in [0.5, 0.6) is 0 Å². The van der Waals surface area contributed by atoms with Crippen molar-refractivity contribution >= 4 is 11.8 Å². The summed E-state index contributed by atoms with van der Waals surface area (Å²) in [6.45, 7) is 4.27. The van der Waals surface area contributed by atoms with Crippen molar-refractivity contribution in [2.75, 3.05) is 17.2 Å². The lowest BCUT2D eigenvalue weighted by Crippen LogP contribution is -2.13. The molecule has 6 heteroatoms. The van der Waals surface area contributed by atoms with Crippen LogP contribution in [0.3, 0.4) is 0 Å². The third-order valence-corrected chi connectivity index (χ3v) is 2.80. The highest BCUT2D eigenvalue weighted by Gasteiger charge is 2.14. The molecular weight excluding hydrogens is 262 g/mol. The van der Waals surface area contributed by atoms with Crippen LogP contribution in [0.15, 0.2) is 30.5 Å². The molecule has 0 aliphatic carbocycles. The average molecular weight is 278 g/mol. The minimum atomic E-state index is -0.574. The van der Waals surface area contributed by atoms with Gasteiger partial charge in [0.2, 0.25) is 5.95 Å². The minimum Gasteiger partial charge on any atom is -0.361 e. The topological polar surface area (TPSA) is 49.8 Å². The molecule has 4 nitrogen and oxygen atoms in total. The van der Waals surface area contributed by atoms with E-state index in [0.717, 1.165) is 6.20 Å². The van der Waals surface area contributed by atoms with Crippen molar-refractivity contribution in [3.63, 3.8) is 0 Å². The van der Waals surface area contributed by atoms with Crippen molar-refractivity contribution in [1.82, 2.24) is 9.97 Å². The van der Waals surface area contributed by atoms with Gasteiger partial charge in [-0.25, -0.2) is 13.8 Å². The summed E-state index contributed by atoms with van der Waals surface area (Å²) in [5, 5.41) is 5.76. The Kier molecular flexibility index (Phi) is 4.45. The maximum absolute atomic E-state index is 13.7. The van der Waals surface area contributed by atoms with Crippen LogP contribution >= 0.6 is 0 Å². The second-order valence-corrected chi connectivity index (χ2v) is 4.31. The largest absolute Gasteiger partial charge is 0.361 e. The SMILES string of the molecule is CCNc1ncc(F)c(NC(C)c2ccccc2F)n1. The third-order valence-electron chi connectivity index (χ3n) is 2.80. The van der Waals surface area contributed by atoms with E-state index in [1.165, 1.54) is 6.07 Å². The zero-order valence-electron chi connectivity index (χ0n) is 11.3. The number of anilines is 2.